The molecule has 2 aliphatic rings. The van der Waals surface area contributed by atoms with Crippen molar-refractivity contribution in [3.05, 3.63) is 80.0 Å². The highest BCUT2D eigenvalue weighted by molar-refractivity contribution is 8.07. The van der Waals surface area contributed by atoms with E-state index >= 15 is 0 Å². The molecule has 0 aliphatic carbocycles. The van der Waals surface area contributed by atoms with Gasteiger partial charge in [-0.2, -0.15) is 12.8 Å². The van der Waals surface area contributed by atoms with E-state index < -0.39 is 15.8 Å². The fraction of sp³-hybridized carbons (Fsp3) is 0.346. The molecule has 2 heterocycles. The number of rotatable bonds is 5. The second-order valence-electron chi connectivity index (χ2n) is 8.77. The summed E-state index contributed by atoms with van der Waals surface area (Å²) < 4.78 is 48.7. The van der Waals surface area contributed by atoms with E-state index in [1.165, 1.54) is 30.8 Å². The van der Waals surface area contributed by atoms with Gasteiger partial charge in [0.1, 0.15) is 5.82 Å². The number of aryl methyl sites for hydroxylation is 3. The van der Waals surface area contributed by atoms with Crippen molar-refractivity contribution < 1.29 is 22.7 Å². The van der Waals surface area contributed by atoms with Crippen molar-refractivity contribution in [3.8, 4) is 0 Å². The maximum absolute atomic E-state index is 13.4. The number of anilines is 1. The lowest BCUT2D eigenvalue weighted by Crippen LogP contribution is -2.37. The first kappa shape index (κ1) is 25.5. The summed E-state index contributed by atoms with van der Waals surface area (Å²) >= 11 is 1.17. The van der Waals surface area contributed by atoms with Gasteiger partial charge in [0.15, 0.2) is 0 Å². The van der Waals surface area contributed by atoms with Gasteiger partial charge in [0.05, 0.1) is 23.8 Å². The Labute approximate surface area is 210 Å². The van der Waals surface area contributed by atoms with E-state index in [1.807, 2.05) is 13.8 Å². The Morgan fingerprint density at radius 1 is 1.11 bits per heavy atom. The summed E-state index contributed by atoms with van der Waals surface area (Å²) in [4.78, 5) is 2.51. The Morgan fingerprint density at radius 3 is 2.51 bits per heavy atom. The number of halogens is 1. The molecule has 1 saturated heterocycles. The van der Waals surface area contributed by atoms with Crippen LogP contribution >= 0.6 is 11.8 Å². The largest absolute Gasteiger partial charge is 0.874 e. The third kappa shape index (κ3) is 5.32. The summed E-state index contributed by atoms with van der Waals surface area (Å²) in [6.07, 6.45) is 1.68. The first-order chi connectivity index (χ1) is 16.6. The number of allylic oxidation sites excluding steroid dienone is 3. The highest BCUT2D eigenvalue weighted by Gasteiger charge is 2.22. The molecular weight excluding hydrogens is 487 g/mol. The Morgan fingerprint density at radius 2 is 1.83 bits per heavy atom. The van der Waals surface area contributed by atoms with Gasteiger partial charge in [0, 0.05) is 23.7 Å². The lowest BCUT2D eigenvalue weighted by molar-refractivity contribution is -0.305. The lowest BCUT2D eigenvalue weighted by atomic mass is 9.93. The van der Waals surface area contributed by atoms with E-state index in [-0.39, 0.29) is 28.4 Å². The van der Waals surface area contributed by atoms with Gasteiger partial charge < -0.3 is 14.7 Å². The van der Waals surface area contributed by atoms with Gasteiger partial charge in [0.2, 0.25) is 0 Å². The molecular formula is C26H28FN2O4S2-. The van der Waals surface area contributed by atoms with Crippen molar-refractivity contribution in [1.82, 2.24) is 0 Å². The highest BCUT2D eigenvalue weighted by atomic mass is 32.2. The van der Waals surface area contributed by atoms with Crippen LogP contribution in [-0.2, 0) is 21.2 Å². The van der Waals surface area contributed by atoms with Crippen LogP contribution in [-0.4, -0.2) is 40.4 Å². The molecule has 0 N–H and O–H groups in total. The maximum Gasteiger partial charge on any atom is 0.283 e. The summed E-state index contributed by atoms with van der Waals surface area (Å²) in [7, 11) is -4.11. The molecule has 0 amide bonds. The SMILES string of the molecule is Cc1cc(F)ccc1S(=O)(=O)/N=C1\C=CS\C1=C(/[O-])Cc1c(C)cc(C)c(N2CCOCC2)c1C. The van der Waals surface area contributed by atoms with E-state index in [2.05, 4.69) is 22.3 Å². The monoisotopic (exact) mass is 515 g/mol. The Hall–Kier alpha value is -2.62. The first-order valence-electron chi connectivity index (χ1n) is 11.4. The fourth-order valence-electron chi connectivity index (χ4n) is 4.66. The third-order valence-corrected chi connectivity index (χ3v) is 8.68. The van der Waals surface area contributed by atoms with Gasteiger partial charge in [-0.15, -0.1) is 5.76 Å². The maximum atomic E-state index is 13.4. The molecule has 4 rings (SSSR count). The zero-order valence-corrected chi connectivity index (χ0v) is 21.9. The summed E-state index contributed by atoms with van der Waals surface area (Å²) in [6, 6.07) is 5.53. The minimum absolute atomic E-state index is 0.0797. The molecule has 0 bridgehead atoms. The minimum atomic E-state index is -4.11. The van der Waals surface area contributed by atoms with E-state index in [9.17, 15) is 17.9 Å². The Balaban J connectivity index is 1.69. The molecule has 9 heteroatoms. The van der Waals surface area contributed by atoms with Crippen LogP contribution < -0.4 is 10.0 Å². The summed E-state index contributed by atoms with van der Waals surface area (Å²) in [5.41, 5.74) is 5.69. The normalized spacial score (nSPS) is 19.0. The van der Waals surface area contributed by atoms with Crippen molar-refractivity contribution in [3.63, 3.8) is 0 Å². The Bertz CT molecular complexity index is 1360. The Kier molecular flexibility index (Phi) is 7.40. The van der Waals surface area contributed by atoms with Crippen molar-refractivity contribution in [2.75, 3.05) is 31.2 Å². The number of morpholine rings is 1. The van der Waals surface area contributed by atoms with Gasteiger partial charge in [-0.25, -0.2) is 4.39 Å². The van der Waals surface area contributed by atoms with Gasteiger partial charge in [-0.05, 0) is 91.6 Å². The highest BCUT2D eigenvalue weighted by Crippen LogP contribution is 2.35. The van der Waals surface area contributed by atoms with Gasteiger partial charge >= 0.3 is 0 Å². The smallest absolute Gasteiger partial charge is 0.283 e. The molecule has 0 aromatic heterocycles. The van der Waals surface area contributed by atoms with Crippen LogP contribution in [0.5, 0.6) is 0 Å². The van der Waals surface area contributed by atoms with Gasteiger partial charge in [-0.1, -0.05) is 17.8 Å². The molecule has 2 aromatic rings. The van der Waals surface area contributed by atoms with Crippen LogP contribution in [0.2, 0.25) is 0 Å². The number of ether oxygens (including phenoxy) is 1. The van der Waals surface area contributed by atoms with Crippen molar-refractivity contribution in [2.24, 2.45) is 4.40 Å². The average molecular weight is 516 g/mol. The molecule has 0 unspecified atom stereocenters. The second kappa shape index (κ2) is 10.2. The lowest BCUT2D eigenvalue weighted by Gasteiger charge is -2.33. The van der Waals surface area contributed by atoms with Crippen molar-refractivity contribution >= 4 is 33.2 Å². The molecule has 0 atom stereocenters. The minimum Gasteiger partial charge on any atom is -0.874 e. The topological polar surface area (TPSA) is 82.0 Å². The third-order valence-electron chi connectivity index (χ3n) is 6.29. The number of sulfonamides is 1. The first-order valence-corrected chi connectivity index (χ1v) is 13.7. The predicted molar refractivity (Wildman–Crippen MR) is 137 cm³/mol. The zero-order valence-electron chi connectivity index (χ0n) is 20.2. The average Bonchev–Trinajstić information content (AvgIpc) is 3.24. The van der Waals surface area contributed by atoms with Gasteiger partial charge in [0.25, 0.3) is 10.0 Å². The predicted octanol–water partition coefficient (Wildman–Crippen LogP) is 4.10. The molecule has 2 aromatic carbocycles. The molecule has 0 radical (unpaired) electrons. The molecule has 1 fully saturated rings. The zero-order chi connectivity index (χ0) is 25.3. The van der Waals surface area contributed by atoms with Crippen LogP contribution in [0, 0.1) is 33.5 Å². The number of benzene rings is 2. The van der Waals surface area contributed by atoms with Crippen LogP contribution in [0.1, 0.15) is 27.8 Å². The van der Waals surface area contributed by atoms with E-state index in [1.54, 1.807) is 5.41 Å². The summed E-state index contributed by atoms with van der Waals surface area (Å²) in [5.74, 6) is -0.708. The van der Waals surface area contributed by atoms with Crippen LogP contribution in [0.25, 0.3) is 0 Å². The van der Waals surface area contributed by atoms with Crippen LogP contribution in [0.4, 0.5) is 10.1 Å². The molecule has 35 heavy (non-hydrogen) atoms. The van der Waals surface area contributed by atoms with Gasteiger partial charge in [-0.3, -0.25) is 0 Å². The van der Waals surface area contributed by atoms with E-state index in [4.69, 9.17) is 4.74 Å². The number of hydrogen-bond donors (Lipinski definition) is 0. The fourth-order valence-corrected chi connectivity index (χ4v) is 6.71. The van der Waals surface area contributed by atoms with Crippen molar-refractivity contribution in [1.29, 1.82) is 0 Å². The molecule has 6 nitrogen and oxygen atoms in total. The number of hydrogen-bond acceptors (Lipinski definition) is 6. The second-order valence-corrected chi connectivity index (χ2v) is 11.3. The summed E-state index contributed by atoms with van der Waals surface area (Å²) in [6.45, 7) is 10.6. The number of thioether (sulfide) groups is 1. The standard InChI is InChI=1S/C26H29FN2O4S2/c1-16-13-18(3)25(29-8-10-33-11-9-29)19(4)21(16)15-23(30)26-22(7-12-34-26)28-35(31,32)24-6-5-20(27)14-17(24)2/h5-7,12-14,30H,8-11,15H2,1-4H3/p-1/b26-23-,28-22+. The molecule has 2 aliphatic heterocycles. The van der Waals surface area contributed by atoms with Crippen molar-refractivity contribution in [2.45, 2.75) is 39.0 Å². The van der Waals surface area contributed by atoms with Crippen LogP contribution in [0.15, 0.2) is 55.7 Å². The number of nitrogens with zero attached hydrogens (tertiary/aromatic N) is 2. The molecule has 186 valence electrons. The van der Waals surface area contributed by atoms with Crippen LogP contribution in [0.3, 0.4) is 0 Å². The molecule has 0 spiro atoms. The van der Waals surface area contributed by atoms with E-state index in [0.29, 0.717) is 18.1 Å². The van der Waals surface area contributed by atoms with E-state index in [0.717, 1.165) is 53.2 Å². The summed E-state index contributed by atoms with van der Waals surface area (Å²) in [5, 5.41) is 15.0. The molecule has 0 saturated carbocycles. The quantitative estimate of drug-likeness (QED) is 0.558.